The Kier molecular flexibility index (Phi) is 1.74. The first-order valence-corrected chi connectivity index (χ1v) is 10.2. The molecular formula is C28H14. The van der Waals surface area contributed by atoms with Crippen molar-refractivity contribution >= 4 is 53.9 Å². The fourth-order valence-corrected chi connectivity index (χ4v) is 6.74. The van der Waals surface area contributed by atoms with Crippen molar-refractivity contribution in [1.29, 1.82) is 0 Å². The molecule has 0 fully saturated rings. The number of rotatable bonds is 0. The predicted molar refractivity (Wildman–Crippen MR) is 119 cm³/mol. The number of benzene rings is 6. The third kappa shape index (κ3) is 1.11. The summed E-state index contributed by atoms with van der Waals surface area (Å²) in [5.41, 5.74) is 9.01. The second-order valence-corrected chi connectivity index (χ2v) is 8.86. The van der Waals surface area contributed by atoms with Crippen LogP contribution in [-0.4, -0.2) is 0 Å². The zero-order valence-electron chi connectivity index (χ0n) is 15.2. The Morgan fingerprint density at radius 2 is 1.11 bits per heavy atom. The zero-order valence-corrected chi connectivity index (χ0v) is 15.2. The molecule has 0 aliphatic heterocycles. The highest BCUT2D eigenvalue weighted by molar-refractivity contribution is 6.44. The predicted octanol–water partition coefficient (Wildman–Crippen LogP) is 7.24. The van der Waals surface area contributed by atoms with Crippen molar-refractivity contribution in [2.75, 3.05) is 0 Å². The van der Waals surface area contributed by atoms with Gasteiger partial charge in [0.05, 0.1) is 0 Å². The Morgan fingerprint density at radius 1 is 0.429 bits per heavy atom. The van der Waals surface area contributed by atoms with E-state index >= 15 is 0 Å². The van der Waals surface area contributed by atoms with Gasteiger partial charge in [-0.3, -0.25) is 0 Å². The van der Waals surface area contributed by atoms with Crippen molar-refractivity contribution in [3.63, 3.8) is 0 Å². The number of hydrogen-bond donors (Lipinski definition) is 0. The molecule has 0 bridgehead atoms. The molecule has 3 aliphatic rings. The van der Waals surface area contributed by atoms with Crippen LogP contribution in [0.3, 0.4) is 0 Å². The van der Waals surface area contributed by atoms with Gasteiger partial charge in [0.1, 0.15) is 0 Å². The molecule has 0 N–H and O–H groups in total. The molecule has 0 saturated carbocycles. The van der Waals surface area contributed by atoms with Crippen LogP contribution in [0.2, 0.25) is 0 Å². The van der Waals surface area contributed by atoms with Crippen LogP contribution in [-0.2, 0) is 12.8 Å². The van der Waals surface area contributed by atoms with Crippen molar-refractivity contribution in [2.24, 2.45) is 0 Å². The lowest BCUT2D eigenvalue weighted by Gasteiger charge is -2.10. The molecule has 0 spiro atoms. The Morgan fingerprint density at radius 3 is 1.96 bits per heavy atom. The second kappa shape index (κ2) is 3.77. The van der Waals surface area contributed by atoms with Gasteiger partial charge in [0.15, 0.2) is 0 Å². The van der Waals surface area contributed by atoms with E-state index in [4.69, 9.17) is 0 Å². The molecule has 0 radical (unpaired) electrons. The second-order valence-electron chi connectivity index (χ2n) is 8.86. The van der Waals surface area contributed by atoms with Gasteiger partial charge in [-0.25, -0.2) is 0 Å². The summed E-state index contributed by atoms with van der Waals surface area (Å²) in [5, 5.41) is 15.0. The standard InChI is InChI=1S/C28H14/c1-2-4-18-13(3-1)11-21-19-8-7-16-9-14-5-6-15-10-17-12-20(18)26(21)28-25(17)23(15)22(14)24(16)27(19)28/h1-8,11-12H,9-10H2. The van der Waals surface area contributed by atoms with E-state index in [0.29, 0.717) is 0 Å². The normalized spacial score (nSPS) is 14.9. The van der Waals surface area contributed by atoms with E-state index in [0.717, 1.165) is 12.8 Å². The summed E-state index contributed by atoms with van der Waals surface area (Å²) in [6, 6.07) is 23.5. The van der Waals surface area contributed by atoms with Crippen LogP contribution in [0.25, 0.3) is 65.0 Å². The lowest BCUT2D eigenvalue weighted by molar-refractivity contribution is 1.25. The lowest BCUT2D eigenvalue weighted by Crippen LogP contribution is -1.85. The average molecular weight is 350 g/mol. The van der Waals surface area contributed by atoms with Gasteiger partial charge < -0.3 is 0 Å². The van der Waals surface area contributed by atoms with Crippen LogP contribution in [0.15, 0.2) is 60.7 Å². The van der Waals surface area contributed by atoms with Crippen molar-refractivity contribution in [1.82, 2.24) is 0 Å². The maximum Gasteiger partial charge on any atom is -0.000452 e. The van der Waals surface area contributed by atoms with Gasteiger partial charge >= 0.3 is 0 Å². The van der Waals surface area contributed by atoms with E-state index in [2.05, 4.69) is 60.7 Å². The molecule has 0 amide bonds. The zero-order chi connectivity index (χ0) is 17.7. The van der Waals surface area contributed by atoms with Crippen LogP contribution < -0.4 is 0 Å². The molecule has 3 aliphatic carbocycles. The van der Waals surface area contributed by atoms with Crippen molar-refractivity contribution in [3.8, 4) is 11.1 Å². The van der Waals surface area contributed by atoms with Crippen molar-refractivity contribution in [2.45, 2.75) is 12.8 Å². The first-order valence-electron chi connectivity index (χ1n) is 10.2. The lowest BCUT2D eigenvalue weighted by atomic mass is 9.92. The Bertz CT molecular complexity index is 1800. The molecule has 0 saturated heterocycles. The van der Waals surface area contributed by atoms with E-state index in [1.54, 1.807) is 26.9 Å². The minimum absolute atomic E-state index is 1.08. The highest BCUT2D eigenvalue weighted by Gasteiger charge is 2.32. The topological polar surface area (TPSA) is 0 Å². The van der Waals surface area contributed by atoms with Crippen molar-refractivity contribution in [3.05, 3.63) is 82.9 Å². The minimum atomic E-state index is 1.08. The molecule has 0 nitrogen and oxygen atoms in total. The molecule has 6 aromatic rings. The van der Waals surface area contributed by atoms with Gasteiger partial charge in [-0.05, 0) is 112 Å². The summed E-state index contributed by atoms with van der Waals surface area (Å²) >= 11 is 0. The van der Waals surface area contributed by atoms with E-state index in [1.807, 2.05) is 0 Å². The molecule has 6 aromatic carbocycles. The Labute approximate surface area is 161 Å². The average Bonchev–Trinajstić information content (AvgIpc) is 3.37. The molecule has 126 valence electrons. The van der Waals surface area contributed by atoms with E-state index in [1.165, 1.54) is 60.3 Å². The fourth-order valence-electron chi connectivity index (χ4n) is 6.74. The van der Waals surface area contributed by atoms with Gasteiger partial charge in [-0.2, -0.15) is 0 Å². The number of fused-ring (bicyclic) bond motifs is 3. The first kappa shape index (κ1) is 12.9. The summed E-state index contributed by atoms with van der Waals surface area (Å²) in [6.07, 6.45) is 2.17. The first-order chi connectivity index (χ1) is 13.9. The highest BCUT2D eigenvalue weighted by atomic mass is 14.3. The maximum absolute atomic E-state index is 2.51. The molecular weight excluding hydrogens is 336 g/mol. The van der Waals surface area contributed by atoms with Gasteiger partial charge in [0, 0.05) is 0 Å². The third-order valence-electron chi connectivity index (χ3n) is 7.70. The van der Waals surface area contributed by atoms with Gasteiger partial charge in [0.2, 0.25) is 0 Å². The van der Waals surface area contributed by atoms with Crippen LogP contribution in [0, 0.1) is 0 Å². The Hall–Kier alpha value is -3.38. The van der Waals surface area contributed by atoms with Gasteiger partial charge in [-0.1, -0.05) is 48.5 Å². The minimum Gasteiger partial charge on any atom is -0.0616 e. The monoisotopic (exact) mass is 350 g/mol. The van der Waals surface area contributed by atoms with E-state index in [-0.39, 0.29) is 0 Å². The van der Waals surface area contributed by atoms with Crippen LogP contribution >= 0.6 is 0 Å². The molecule has 9 rings (SSSR count). The molecule has 0 unspecified atom stereocenters. The third-order valence-corrected chi connectivity index (χ3v) is 7.70. The molecule has 28 heavy (non-hydrogen) atoms. The molecule has 0 aromatic heterocycles. The maximum atomic E-state index is 2.51. The Balaban J connectivity index is 1.77. The van der Waals surface area contributed by atoms with Gasteiger partial charge in [-0.15, -0.1) is 0 Å². The quantitative estimate of drug-likeness (QED) is 0.253. The number of hydrogen-bond acceptors (Lipinski definition) is 0. The fraction of sp³-hybridized carbons (Fsp3) is 0.0714. The SMILES string of the molecule is c1ccc2c(c1)cc1c3c2cc2c4c5c(ccc6c5c5c(ccc-1c5c34)C6)C2. The van der Waals surface area contributed by atoms with E-state index < -0.39 is 0 Å². The summed E-state index contributed by atoms with van der Waals surface area (Å²) in [7, 11) is 0. The summed E-state index contributed by atoms with van der Waals surface area (Å²) in [4.78, 5) is 0. The van der Waals surface area contributed by atoms with Crippen LogP contribution in [0.1, 0.15) is 22.3 Å². The van der Waals surface area contributed by atoms with Gasteiger partial charge in [0.25, 0.3) is 0 Å². The molecule has 0 heterocycles. The summed E-state index contributed by atoms with van der Waals surface area (Å²) in [5.74, 6) is 0. The summed E-state index contributed by atoms with van der Waals surface area (Å²) < 4.78 is 0. The smallest absolute Gasteiger partial charge is 0.000452 e. The van der Waals surface area contributed by atoms with Crippen molar-refractivity contribution < 1.29 is 0 Å². The molecule has 0 heteroatoms. The highest BCUT2D eigenvalue weighted by Crippen LogP contribution is 2.57. The largest absolute Gasteiger partial charge is 0.0616 e. The van der Waals surface area contributed by atoms with Crippen LogP contribution in [0.4, 0.5) is 0 Å². The van der Waals surface area contributed by atoms with Crippen LogP contribution in [0.5, 0.6) is 0 Å². The van der Waals surface area contributed by atoms with E-state index in [9.17, 15) is 0 Å². The molecule has 0 atom stereocenters. The summed E-state index contributed by atoms with van der Waals surface area (Å²) in [6.45, 7) is 0.